The molecule has 1 aromatic carbocycles. The van der Waals surface area contributed by atoms with Crippen molar-refractivity contribution in [1.82, 2.24) is 19.4 Å². The molecule has 0 bridgehead atoms. The van der Waals surface area contributed by atoms with Gasteiger partial charge in [0.2, 0.25) is 0 Å². The van der Waals surface area contributed by atoms with Crippen molar-refractivity contribution in [3.05, 3.63) is 48.2 Å². The molecule has 1 aliphatic heterocycles. The third-order valence-corrected chi connectivity index (χ3v) is 6.76. The molecule has 0 radical (unpaired) electrons. The van der Waals surface area contributed by atoms with Gasteiger partial charge in [-0.15, -0.1) is 11.3 Å². The summed E-state index contributed by atoms with van der Waals surface area (Å²) in [6, 6.07) is 11.7. The second-order valence-electron chi connectivity index (χ2n) is 7.47. The van der Waals surface area contributed by atoms with E-state index in [0.717, 1.165) is 47.9 Å². The molecule has 0 spiro atoms. The van der Waals surface area contributed by atoms with Crippen LogP contribution in [-0.4, -0.2) is 50.1 Å². The fourth-order valence-electron chi connectivity index (χ4n) is 4.13. The highest BCUT2D eigenvalue weighted by atomic mass is 32.1. The number of rotatable bonds is 5. The summed E-state index contributed by atoms with van der Waals surface area (Å²) in [5, 5.41) is 9.51. The molecule has 7 heteroatoms. The van der Waals surface area contributed by atoms with Crippen molar-refractivity contribution in [2.45, 2.75) is 25.8 Å². The van der Waals surface area contributed by atoms with E-state index in [2.05, 4.69) is 20.5 Å². The monoisotopic (exact) mass is 406 g/mol. The SMILES string of the molecule is O=C(O)c1ccnc2cc(-c3nc4ccccc4n3CCN3CCCCC3)sc12. The fraction of sp³-hybridized carbons (Fsp3) is 0.318. The number of carbonyl (C=O) groups is 1. The zero-order valence-corrected chi connectivity index (χ0v) is 16.9. The van der Waals surface area contributed by atoms with Gasteiger partial charge in [-0.3, -0.25) is 4.98 Å². The van der Waals surface area contributed by atoms with Gasteiger partial charge in [-0.2, -0.15) is 0 Å². The molecule has 0 atom stereocenters. The normalized spacial score (nSPS) is 15.3. The summed E-state index contributed by atoms with van der Waals surface area (Å²) in [5.41, 5.74) is 3.08. The number of carboxylic acid groups (broad SMARTS) is 1. The lowest BCUT2D eigenvalue weighted by Gasteiger charge is -2.26. The molecular formula is C22H22N4O2S. The Hall–Kier alpha value is -2.77. The maximum atomic E-state index is 11.6. The minimum Gasteiger partial charge on any atom is -0.478 e. The predicted molar refractivity (Wildman–Crippen MR) is 116 cm³/mol. The number of thiophene rings is 1. The molecule has 1 saturated heterocycles. The second-order valence-corrected chi connectivity index (χ2v) is 8.52. The van der Waals surface area contributed by atoms with Gasteiger partial charge in [0.15, 0.2) is 5.82 Å². The van der Waals surface area contributed by atoms with Crippen LogP contribution in [0.25, 0.3) is 32.0 Å². The first kappa shape index (κ1) is 18.3. The van der Waals surface area contributed by atoms with Gasteiger partial charge >= 0.3 is 5.97 Å². The van der Waals surface area contributed by atoms with E-state index in [1.54, 1.807) is 12.3 Å². The lowest BCUT2D eigenvalue weighted by molar-refractivity contribution is 0.0699. The van der Waals surface area contributed by atoms with Crippen molar-refractivity contribution in [3.63, 3.8) is 0 Å². The van der Waals surface area contributed by atoms with E-state index in [1.807, 2.05) is 24.3 Å². The number of nitrogens with zero attached hydrogens (tertiary/aromatic N) is 4. The van der Waals surface area contributed by atoms with Crippen LogP contribution in [0.15, 0.2) is 42.6 Å². The highest BCUT2D eigenvalue weighted by molar-refractivity contribution is 7.22. The maximum absolute atomic E-state index is 11.6. The lowest BCUT2D eigenvalue weighted by Crippen LogP contribution is -2.32. The van der Waals surface area contributed by atoms with E-state index in [-0.39, 0.29) is 0 Å². The third-order valence-electron chi connectivity index (χ3n) is 5.61. The van der Waals surface area contributed by atoms with Gasteiger partial charge in [0, 0.05) is 19.3 Å². The maximum Gasteiger partial charge on any atom is 0.337 e. The number of fused-ring (bicyclic) bond motifs is 2. The Labute approximate surface area is 172 Å². The third kappa shape index (κ3) is 3.41. The number of hydrogen-bond acceptors (Lipinski definition) is 5. The van der Waals surface area contributed by atoms with E-state index in [1.165, 1.54) is 30.6 Å². The van der Waals surface area contributed by atoms with Crippen LogP contribution in [0.1, 0.15) is 29.6 Å². The number of aromatic carboxylic acids is 1. The first-order chi connectivity index (χ1) is 14.2. The van der Waals surface area contributed by atoms with Gasteiger partial charge in [-0.05, 0) is 50.2 Å². The summed E-state index contributed by atoms with van der Waals surface area (Å²) < 4.78 is 2.97. The summed E-state index contributed by atoms with van der Waals surface area (Å²) in [5.74, 6) is -0.0352. The minimum atomic E-state index is -0.926. The van der Waals surface area contributed by atoms with E-state index < -0.39 is 5.97 Å². The van der Waals surface area contributed by atoms with Gasteiger partial charge < -0.3 is 14.6 Å². The first-order valence-corrected chi connectivity index (χ1v) is 10.8. The number of carboxylic acids is 1. The van der Waals surface area contributed by atoms with E-state index >= 15 is 0 Å². The Morgan fingerprint density at radius 2 is 1.90 bits per heavy atom. The minimum absolute atomic E-state index is 0.294. The van der Waals surface area contributed by atoms with Crippen LogP contribution in [0.2, 0.25) is 0 Å². The molecule has 1 aliphatic rings. The average Bonchev–Trinajstić information content (AvgIpc) is 3.34. The molecule has 0 amide bonds. The first-order valence-electron chi connectivity index (χ1n) is 10.0. The van der Waals surface area contributed by atoms with Crippen LogP contribution < -0.4 is 0 Å². The zero-order valence-electron chi connectivity index (χ0n) is 16.0. The Balaban J connectivity index is 1.58. The van der Waals surface area contributed by atoms with Crippen LogP contribution in [0.5, 0.6) is 0 Å². The van der Waals surface area contributed by atoms with Gasteiger partial charge in [0.25, 0.3) is 0 Å². The number of likely N-dealkylation sites (tertiary alicyclic amines) is 1. The molecule has 29 heavy (non-hydrogen) atoms. The quantitative estimate of drug-likeness (QED) is 0.528. The van der Waals surface area contributed by atoms with Crippen LogP contribution in [0.4, 0.5) is 0 Å². The van der Waals surface area contributed by atoms with Gasteiger partial charge in [-0.25, -0.2) is 9.78 Å². The molecule has 148 valence electrons. The van der Waals surface area contributed by atoms with E-state index in [0.29, 0.717) is 15.8 Å². The molecule has 4 heterocycles. The summed E-state index contributed by atoms with van der Waals surface area (Å²) in [4.78, 5) is 24.3. The Morgan fingerprint density at radius 1 is 1.07 bits per heavy atom. The van der Waals surface area contributed by atoms with Crippen molar-refractivity contribution in [2.75, 3.05) is 19.6 Å². The van der Waals surface area contributed by atoms with Crippen molar-refractivity contribution in [1.29, 1.82) is 0 Å². The molecule has 1 N–H and O–H groups in total. The van der Waals surface area contributed by atoms with Crippen LogP contribution in [0, 0.1) is 0 Å². The number of piperidine rings is 1. The van der Waals surface area contributed by atoms with Crippen LogP contribution in [0.3, 0.4) is 0 Å². The Morgan fingerprint density at radius 3 is 2.72 bits per heavy atom. The predicted octanol–water partition coefficient (Wildman–Crippen LogP) is 4.50. The molecule has 6 nitrogen and oxygen atoms in total. The molecule has 3 aromatic heterocycles. The number of imidazole rings is 1. The summed E-state index contributed by atoms with van der Waals surface area (Å²) in [6.45, 7) is 4.19. The highest BCUT2D eigenvalue weighted by Gasteiger charge is 2.19. The van der Waals surface area contributed by atoms with Crippen molar-refractivity contribution >= 4 is 38.6 Å². The standard InChI is InChI=1S/C22H22N4O2S/c27-22(28)15-8-9-23-17-14-19(29-20(15)17)21-24-16-6-2-3-7-18(16)26(21)13-12-25-10-4-1-5-11-25/h2-3,6-9,14H,1,4-5,10-13H2,(H,27,28). The smallest absolute Gasteiger partial charge is 0.337 e. The molecule has 1 fully saturated rings. The summed E-state index contributed by atoms with van der Waals surface area (Å²) in [7, 11) is 0. The Kier molecular flexibility index (Phi) is 4.77. The van der Waals surface area contributed by atoms with Gasteiger partial charge in [-0.1, -0.05) is 18.6 Å². The van der Waals surface area contributed by atoms with Gasteiger partial charge in [0.05, 0.1) is 31.7 Å². The molecule has 0 unspecified atom stereocenters. The lowest BCUT2D eigenvalue weighted by atomic mass is 10.1. The van der Waals surface area contributed by atoms with Crippen molar-refractivity contribution in [2.24, 2.45) is 0 Å². The summed E-state index contributed by atoms with van der Waals surface area (Å²) >= 11 is 1.46. The van der Waals surface area contributed by atoms with Gasteiger partial charge in [0.1, 0.15) is 0 Å². The van der Waals surface area contributed by atoms with E-state index in [4.69, 9.17) is 4.98 Å². The van der Waals surface area contributed by atoms with Crippen molar-refractivity contribution < 1.29 is 9.90 Å². The second kappa shape index (κ2) is 7.57. The highest BCUT2D eigenvalue weighted by Crippen LogP contribution is 2.35. The molecular weight excluding hydrogens is 384 g/mol. The Bertz CT molecular complexity index is 1190. The number of benzene rings is 1. The average molecular weight is 407 g/mol. The number of hydrogen-bond donors (Lipinski definition) is 1. The molecule has 0 saturated carbocycles. The van der Waals surface area contributed by atoms with Crippen LogP contribution >= 0.6 is 11.3 Å². The number of aromatic nitrogens is 3. The van der Waals surface area contributed by atoms with Crippen LogP contribution in [-0.2, 0) is 6.54 Å². The van der Waals surface area contributed by atoms with E-state index in [9.17, 15) is 9.90 Å². The fourth-order valence-corrected chi connectivity index (χ4v) is 5.25. The number of para-hydroxylation sites is 2. The molecule has 4 aromatic rings. The van der Waals surface area contributed by atoms with Crippen molar-refractivity contribution in [3.8, 4) is 10.7 Å². The largest absolute Gasteiger partial charge is 0.478 e. The number of pyridine rings is 1. The zero-order chi connectivity index (χ0) is 19.8. The molecule has 5 rings (SSSR count). The molecule has 0 aliphatic carbocycles. The topological polar surface area (TPSA) is 71.2 Å². The summed E-state index contributed by atoms with van der Waals surface area (Å²) in [6.07, 6.45) is 5.44.